The number of amides is 1. The molecule has 0 N–H and O–H groups in total. The van der Waals surface area contributed by atoms with Crippen molar-refractivity contribution in [3.8, 4) is 11.3 Å². The minimum Gasteiger partial charge on any atom is -0.345 e. The number of hydrogen-bond donors (Lipinski definition) is 0. The molecule has 0 unspecified atom stereocenters. The van der Waals surface area contributed by atoms with Gasteiger partial charge in [0.2, 0.25) is 0 Å². The molecule has 9 heteroatoms. The van der Waals surface area contributed by atoms with Crippen LogP contribution in [0.5, 0.6) is 0 Å². The fourth-order valence-corrected chi connectivity index (χ4v) is 5.25. The van der Waals surface area contributed by atoms with Gasteiger partial charge in [0.15, 0.2) is 10.8 Å². The monoisotopic (exact) mass is 498 g/mol. The van der Waals surface area contributed by atoms with Crippen LogP contribution in [-0.2, 0) is 6.54 Å². The third kappa shape index (κ3) is 4.33. The van der Waals surface area contributed by atoms with Crippen molar-refractivity contribution in [2.75, 3.05) is 31.1 Å². The van der Waals surface area contributed by atoms with Crippen LogP contribution in [0.4, 0.5) is 9.52 Å². The number of anilines is 1. The van der Waals surface area contributed by atoms with Gasteiger partial charge in [0, 0.05) is 43.3 Å². The lowest BCUT2D eigenvalue weighted by atomic mass is 10.1. The average Bonchev–Trinajstić information content (AvgIpc) is 3.59. The van der Waals surface area contributed by atoms with Gasteiger partial charge in [-0.15, -0.1) is 11.3 Å². The van der Waals surface area contributed by atoms with Gasteiger partial charge < -0.3 is 9.80 Å². The number of carbonyl (C=O) groups is 1. The molecule has 0 radical (unpaired) electrons. The Morgan fingerprint density at radius 3 is 2.58 bits per heavy atom. The molecule has 1 amide bonds. The number of carbonyl (C=O) groups excluding carboxylic acids is 1. The first-order valence-corrected chi connectivity index (χ1v) is 12.6. The molecule has 0 aliphatic carbocycles. The normalized spacial score (nSPS) is 13.9. The van der Waals surface area contributed by atoms with E-state index >= 15 is 0 Å². The van der Waals surface area contributed by atoms with Crippen molar-refractivity contribution < 1.29 is 9.18 Å². The molecular formula is C27H23FN6OS. The zero-order chi connectivity index (χ0) is 24.5. The summed E-state index contributed by atoms with van der Waals surface area (Å²) in [6, 6.07) is 18.1. The largest absolute Gasteiger partial charge is 0.345 e. The second-order valence-electron chi connectivity index (χ2n) is 8.68. The van der Waals surface area contributed by atoms with Crippen molar-refractivity contribution >= 4 is 33.4 Å². The number of pyridine rings is 1. The molecule has 5 aromatic rings. The molecule has 2 aromatic carbocycles. The van der Waals surface area contributed by atoms with E-state index in [-0.39, 0.29) is 11.7 Å². The number of halogens is 1. The highest BCUT2D eigenvalue weighted by Gasteiger charge is 2.26. The number of fused-ring (bicyclic) bond motifs is 1. The van der Waals surface area contributed by atoms with E-state index in [1.165, 1.54) is 12.1 Å². The fourth-order valence-electron chi connectivity index (χ4n) is 4.55. The van der Waals surface area contributed by atoms with Gasteiger partial charge in [0.25, 0.3) is 5.91 Å². The summed E-state index contributed by atoms with van der Waals surface area (Å²) in [4.78, 5) is 27.2. The Labute approximate surface area is 211 Å². The van der Waals surface area contributed by atoms with Gasteiger partial charge in [-0.25, -0.2) is 19.0 Å². The van der Waals surface area contributed by atoms with Gasteiger partial charge in [-0.3, -0.25) is 4.79 Å². The summed E-state index contributed by atoms with van der Waals surface area (Å²) in [5.41, 5.74) is 3.57. The highest BCUT2D eigenvalue weighted by molar-refractivity contribution is 7.13. The van der Waals surface area contributed by atoms with E-state index < -0.39 is 0 Å². The molecule has 1 fully saturated rings. The molecule has 36 heavy (non-hydrogen) atoms. The second-order valence-corrected chi connectivity index (χ2v) is 9.56. The van der Waals surface area contributed by atoms with E-state index in [2.05, 4.69) is 15.0 Å². The van der Waals surface area contributed by atoms with Crippen LogP contribution < -0.4 is 4.90 Å². The van der Waals surface area contributed by atoms with E-state index in [1.54, 1.807) is 34.5 Å². The number of benzene rings is 2. The number of thiazole rings is 1. The lowest BCUT2D eigenvalue weighted by molar-refractivity contribution is 0.0748. The van der Waals surface area contributed by atoms with Crippen molar-refractivity contribution in [2.24, 2.45) is 0 Å². The zero-order valence-corrected chi connectivity index (χ0v) is 20.2. The van der Waals surface area contributed by atoms with Crippen LogP contribution in [0.3, 0.4) is 0 Å². The maximum absolute atomic E-state index is 13.8. The van der Waals surface area contributed by atoms with E-state index in [4.69, 9.17) is 4.98 Å². The molecular weight excluding hydrogens is 475 g/mol. The number of nitrogens with zero attached hydrogens (tertiary/aromatic N) is 6. The predicted molar refractivity (Wildman–Crippen MR) is 139 cm³/mol. The summed E-state index contributed by atoms with van der Waals surface area (Å²) in [5.74, 6) is -0.335. The maximum Gasteiger partial charge on any atom is 0.254 e. The van der Waals surface area contributed by atoms with Crippen LogP contribution in [-0.4, -0.2) is 56.7 Å². The van der Waals surface area contributed by atoms with Crippen molar-refractivity contribution in [3.63, 3.8) is 0 Å². The Kier molecular flexibility index (Phi) is 5.90. The lowest BCUT2D eigenvalue weighted by Crippen LogP contribution is -2.48. The predicted octanol–water partition coefficient (Wildman–Crippen LogP) is 4.70. The molecule has 0 spiro atoms. The van der Waals surface area contributed by atoms with E-state index in [9.17, 15) is 9.18 Å². The summed E-state index contributed by atoms with van der Waals surface area (Å²) in [6.07, 6.45) is 3.49. The van der Waals surface area contributed by atoms with Gasteiger partial charge in [0.1, 0.15) is 5.82 Å². The first-order chi connectivity index (χ1) is 17.7. The zero-order valence-electron chi connectivity index (χ0n) is 19.4. The van der Waals surface area contributed by atoms with Crippen molar-refractivity contribution in [3.05, 3.63) is 95.4 Å². The van der Waals surface area contributed by atoms with Crippen molar-refractivity contribution in [2.45, 2.75) is 6.54 Å². The van der Waals surface area contributed by atoms with Crippen molar-refractivity contribution in [1.29, 1.82) is 0 Å². The summed E-state index contributed by atoms with van der Waals surface area (Å²) >= 11 is 1.61. The highest BCUT2D eigenvalue weighted by Crippen LogP contribution is 2.27. The molecule has 180 valence electrons. The quantitative estimate of drug-likeness (QED) is 0.351. The Balaban J connectivity index is 1.36. The molecule has 0 saturated carbocycles. The van der Waals surface area contributed by atoms with Gasteiger partial charge in [0.05, 0.1) is 29.4 Å². The lowest BCUT2D eigenvalue weighted by Gasteiger charge is -2.34. The molecule has 0 bridgehead atoms. The van der Waals surface area contributed by atoms with Crippen molar-refractivity contribution in [1.82, 2.24) is 24.6 Å². The minimum absolute atomic E-state index is 0.0383. The third-order valence-corrected chi connectivity index (χ3v) is 7.22. The highest BCUT2D eigenvalue weighted by atomic mass is 32.1. The van der Waals surface area contributed by atoms with Gasteiger partial charge >= 0.3 is 0 Å². The van der Waals surface area contributed by atoms with Crippen LogP contribution in [0.25, 0.3) is 22.3 Å². The smallest absolute Gasteiger partial charge is 0.254 e. The minimum atomic E-state index is -0.297. The molecule has 7 nitrogen and oxygen atoms in total. The van der Waals surface area contributed by atoms with Crippen LogP contribution in [0.15, 0.2) is 78.4 Å². The Hall–Kier alpha value is -4.11. The molecule has 6 rings (SSSR count). The summed E-state index contributed by atoms with van der Waals surface area (Å²) in [6.45, 7) is 3.04. The van der Waals surface area contributed by atoms with Crippen LogP contribution in [0.1, 0.15) is 15.9 Å². The average molecular weight is 499 g/mol. The van der Waals surface area contributed by atoms with E-state index in [1.807, 2.05) is 52.7 Å². The Bertz CT molecular complexity index is 1510. The topological polar surface area (TPSA) is 67.2 Å². The Morgan fingerprint density at radius 1 is 1.00 bits per heavy atom. The van der Waals surface area contributed by atoms with Gasteiger partial charge in [-0.2, -0.15) is 5.10 Å². The fraction of sp³-hybridized carbons (Fsp3) is 0.185. The molecule has 1 aliphatic heterocycles. The molecule has 0 atom stereocenters. The van der Waals surface area contributed by atoms with E-state index in [0.717, 1.165) is 29.3 Å². The molecule has 1 aliphatic rings. The SMILES string of the molecule is O=C(c1cc(-c2ccccc2)nc2c1cnn2Cc1cccc(F)c1)N1CCN(c2nccs2)CC1. The first kappa shape index (κ1) is 22.4. The first-order valence-electron chi connectivity index (χ1n) is 11.8. The molecule has 3 aromatic heterocycles. The van der Waals surface area contributed by atoms with Crippen LogP contribution in [0.2, 0.25) is 0 Å². The summed E-state index contributed by atoms with van der Waals surface area (Å²) in [7, 11) is 0. The summed E-state index contributed by atoms with van der Waals surface area (Å²) < 4.78 is 15.5. The number of rotatable bonds is 5. The van der Waals surface area contributed by atoms with Crippen LogP contribution >= 0.6 is 11.3 Å². The summed E-state index contributed by atoms with van der Waals surface area (Å²) in [5, 5.41) is 8.18. The molecule has 4 heterocycles. The number of aromatic nitrogens is 4. The number of piperazine rings is 1. The standard InChI is InChI=1S/C27H23FN6OS/c28-21-8-4-5-19(15-21)18-34-25-23(17-30-34)22(16-24(31-25)20-6-2-1-3-7-20)26(35)32-10-12-33(13-11-32)27-29-9-14-36-27/h1-9,14-17H,10-13,18H2. The maximum atomic E-state index is 13.8. The number of hydrogen-bond acceptors (Lipinski definition) is 6. The third-order valence-electron chi connectivity index (χ3n) is 6.39. The Morgan fingerprint density at radius 2 is 1.83 bits per heavy atom. The van der Waals surface area contributed by atoms with E-state index in [0.29, 0.717) is 41.9 Å². The second kappa shape index (κ2) is 9.50. The van der Waals surface area contributed by atoms with Crippen LogP contribution in [0, 0.1) is 5.82 Å². The molecule has 1 saturated heterocycles. The van der Waals surface area contributed by atoms with Gasteiger partial charge in [-0.1, -0.05) is 42.5 Å². The van der Waals surface area contributed by atoms with Gasteiger partial charge in [-0.05, 0) is 23.8 Å².